The van der Waals surface area contributed by atoms with Crippen molar-refractivity contribution in [2.45, 2.75) is 6.54 Å². The Morgan fingerprint density at radius 3 is 1.90 bits per heavy atom. The Labute approximate surface area is 297 Å². The highest BCUT2D eigenvalue weighted by Gasteiger charge is 2.21. The second kappa shape index (κ2) is 12.9. The van der Waals surface area contributed by atoms with Gasteiger partial charge in [0.25, 0.3) is 0 Å². The highest BCUT2D eigenvalue weighted by Crippen LogP contribution is 2.40. The predicted molar refractivity (Wildman–Crippen MR) is 214 cm³/mol. The molecule has 7 aromatic carbocycles. The van der Waals surface area contributed by atoms with Gasteiger partial charge in [-0.2, -0.15) is 0 Å². The molecule has 0 aliphatic heterocycles. The minimum atomic E-state index is 0.694. The third kappa shape index (κ3) is 5.44. The number of hydrogen-bond donors (Lipinski definition) is 0. The maximum atomic E-state index is 5.44. The first-order chi connectivity index (χ1) is 25.3. The maximum absolute atomic E-state index is 5.44. The molecule has 0 aliphatic carbocycles. The van der Waals surface area contributed by atoms with Gasteiger partial charge in [-0.05, 0) is 65.2 Å². The van der Waals surface area contributed by atoms with Gasteiger partial charge in [0.05, 0.1) is 28.3 Å². The van der Waals surface area contributed by atoms with Crippen molar-refractivity contribution in [2.75, 3.05) is 4.90 Å². The molecule has 0 spiro atoms. The van der Waals surface area contributed by atoms with E-state index in [1.165, 1.54) is 16.3 Å². The van der Waals surface area contributed by atoms with Crippen LogP contribution in [0.2, 0.25) is 0 Å². The molecule has 0 fully saturated rings. The molecule has 9 aromatic rings. The zero-order valence-electron chi connectivity index (χ0n) is 28.0. The molecule has 0 amide bonds. The first-order valence-electron chi connectivity index (χ1n) is 17.2. The number of anilines is 2. The summed E-state index contributed by atoms with van der Waals surface area (Å²) < 4.78 is 2.36. The fraction of sp³-hybridized carbons (Fsp3) is 0.0213. The average molecular weight is 655 g/mol. The van der Waals surface area contributed by atoms with Gasteiger partial charge in [-0.1, -0.05) is 146 Å². The number of hydrogen-bond acceptors (Lipinski definition) is 3. The summed E-state index contributed by atoms with van der Waals surface area (Å²) in [4.78, 5) is 12.1. The van der Waals surface area contributed by atoms with Crippen LogP contribution in [0.1, 0.15) is 5.56 Å². The molecule has 4 heteroatoms. The van der Waals surface area contributed by atoms with Gasteiger partial charge in [-0.15, -0.1) is 0 Å². The van der Waals surface area contributed by atoms with Crippen molar-refractivity contribution in [3.63, 3.8) is 0 Å². The van der Waals surface area contributed by atoms with Gasteiger partial charge in [0.2, 0.25) is 0 Å². The summed E-state index contributed by atoms with van der Waals surface area (Å²) in [6.45, 7) is 4.53. The summed E-state index contributed by atoms with van der Waals surface area (Å²) >= 11 is 0. The average Bonchev–Trinajstić information content (AvgIpc) is 3.62. The van der Waals surface area contributed by atoms with Crippen LogP contribution in [0.25, 0.3) is 61.0 Å². The number of benzene rings is 7. The highest BCUT2D eigenvalue weighted by atomic mass is 15.1. The minimum absolute atomic E-state index is 0.694. The first-order valence-corrected chi connectivity index (χ1v) is 17.2. The van der Waals surface area contributed by atoms with Crippen LogP contribution in [0.3, 0.4) is 0 Å². The Morgan fingerprint density at radius 2 is 1.16 bits per heavy atom. The van der Waals surface area contributed by atoms with Gasteiger partial charge >= 0.3 is 0 Å². The van der Waals surface area contributed by atoms with E-state index in [1.54, 1.807) is 0 Å². The number of aliphatic imine (C=N–C) groups is 1. The minimum Gasteiger partial charge on any atom is -0.335 e. The van der Waals surface area contributed by atoms with Crippen molar-refractivity contribution in [2.24, 2.45) is 4.99 Å². The van der Waals surface area contributed by atoms with E-state index < -0.39 is 0 Å². The summed E-state index contributed by atoms with van der Waals surface area (Å²) in [6.07, 6.45) is 0. The van der Waals surface area contributed by atoms with Gasteiger partial charge in [-0.25, -0.2) is 4.98 Å². The van der Waals surface area contributed by atoms with Gasteiger partial charge < -0.3 is 4.90 Å². The Bertz CT molecular complexity index is 2660. The molecule has 0 unspecified atom stereocenters. The number of imidazole rings is 1. The lowest BCUT2D eigenvalue weighted by Gasteiger charge is -2.26. The molecule has 2 heterocycles. The van der Waals surface area contributed by atoms with E-state index in [9.17, 15) is 0 Å². The van der Waals surface area contributed by atoms with Crippen LogP contribution in [-0.2, 0) is 6.54 Å². The summed E-state index contributed by atoms with van der Waals surface area (Å²) in [5.74, 6) is 0. The van der Waals surface area contributed by atoms with Crippen molar-refractivity contribution in [3.8, 4) is 33.6 Å². The third-order valence-corrected chi connectivity index (χ3v) is 9.71. The fourth-order valence-corrected chi connectivity index (χ4v) is 7.27. The Kier molecular flexibility index (Phi) is 7.67. The second-order valence-electron chi connectivity index (χ2n) is 12.7. The summed E-state index contributed by atoms with van der Waals surface area (Å²) in [7, 11) is 0. The maximum Gasteiger partial charge on any atom is 0.146 e. The Balaban J connectivity index is 1.18. The van der Waals surface area contributed by atoms with Crippen molar-refractivity contribution < 1.29 is 0 Å². The van der Waals surface area contributed by atoms with Crippen molar-refractivity contribution >= 4 is 51.1 Å². The zero-order chi connectivity index (χ0) is 34.1. The van der Waals surface area contributed by atoms with Crippen LogP contribution < -0.4 is 4.90 Å². The van der Waals surface area contributed by atoms with Crippen molar-refractivity contribution in [1.82, 2.24) is 9.38 Å². The number of nitrogens with zero attached hydrogens (tertiary/aromatic N) is 4. The lowest BCUT2D eigenvalue weighted by Crippen LogP contribution is -2.16. The molecule has 0 atom stereocenters. The van der Waals surface area contributed by atoms with Crippen molar-refractivity contribution in [3.05, 3.63) is 188 Å². The third-order valence-electron chi connectivity index (χ3n) is 9.71. The second-order valence-corrected chi connectivity index (χ2v) is 12.7. The highest BCUT2D eigenvalue weighted by molar-refractivity contribution is 6.14. The standard InChI is InChI=1S/C47H34N4/c1-48-42-22-12-14-24-44(42)50(38-19-9-4-10-20-38)32-33-25-27-34(28-26-33)37-29-30-39-40-21-11-13-23-43(40)51-46(36-17-7-3-8-18-36)45(35-15-5-2-6-16-35)49-47(51)41(39)31-37/h2-31H,1,32H2. The number of pyridine rings is 1. The smallest absolute Gasteiger partial charge is 0.146 e. The van der Waals surface area contributed by atoms with E-state index in [0.717, 1.165) is 67.3 Å². The molecule has 9 rings (SSSR count). The molecule has 0 bridgehead atoms. The number of para-hydroxylation sites is 4. The number of rotatable bonds is 8. The first kappa shape index (κ1) is 30.3. The van der Waals surface area contributed by atoms with E-state index in [2.05, 4.69) is 185 Å². The molecule has 242 valence electrons. The topological polar surface area (TPSA) is 32.9 Å². The molecule has 0 radical (unpaired) electrons. The molecule has 0 saturated carbocycles. The zero-order valence-corrected chi connectivity index (χ0v) is 28.0. The van der Waals surface area contributed by atoms with E-state index in [4.69, 9.17) is 4.98 Å². The molecule has 4 nitrogen and oxygen atoms in total. The summed E-state index contributed by atoms with van der Waals surface area (Å²) in [6, 6.07) is 64.2. The monoisotopic (exact) mass is 654 g/mol. The molecule has 2 aromatic heterocycles. The van der Waals surface area contributed by atoms with Crippen LogP contribution in [0.4, 0.5) is 17.1 Å². The van der Waals surface area contributed by atoms with Gasteiger partial charge in [-0.3, -0.25) is 9.39 Å². The van der Waals surface area contributed by atoms with E-state index in [1.807, 2.05) is 18.2 Å². The predicted octanol–water partition coefficient (Wildman–Crippen LogP) is 12.3. The normalized spacial score (nSPS) is 11.3. The van der Waals surface area contributed by atoms with E-state index >= 15 is 0 Å². The lowest BCUT2D eigenvalue weighted by atomic mass is 9.98. The van der Waals surface area contributed by atoms with Crippen LogP contribution in [0.15, 0.2) is 187 Å². The quantitative estimate of drug-likeness (QED) is 0.121. The van der Waals surface area contributed by atoms with E-state index in [0.29, 0.717) is 6.54 Å². The largest absolute Gasteiger partial charge is 0.335 e. The van der Waals surface area contributed by atoms with Crippen LogP contribution in [-0.4, -0.2) is 16.1 Å². The SMILES string of the molecule is C=Nc1ccccc1N(Cc1ccc(-c2ccc3c4ccccc4n4c(-c5ccccc5)c(-c5ccccc5)nc4c3c2)cc1)c1ccccc1. The number of aromatic nitrogens is 2. The summed E-state index contributed by atoms with van der Waals surface area (Å²) in [5.41, 5.74) is 12.9. The van der Waals surface area contributed by atoms with Gasteiger partial charge in [0, 0.05) is 34.1 Å². The molecule has 51 heavy (non-hydrogen) atoms. The molecule has 0 saturated heterocycles. The van der Waals surface area contributed by atoms with Crippen LogP contribution in [0, 0.1) is 0 Å². The lowest BCUT2D eigenvalue weighted by molar-refractivity contribution is 0.975. The molecule has 0 N–H and O–H groups in total. The number of fused-ring (bicyclic) bond motifs is 6. The summed E-state index contributed by atoms with van der Waals surface area (Å²) in [5, 5.41) is 3.51. The van der Waals surface area contributed by atoms with Gasteiger partial charge in [0.1, 0.15) is 5.65 Å². The van der Waals surface area contributed by atoms with Crippen molar-refractivity contribution in [1.29, 1.82) is 0 Å². The Hall–Kier alpha value is -6.78. The van der Waals surface area contributed by atoms with Crippen LogP contribution >= 0.6 is 0 Å². The van der Waals surface area contributed by atoms with E-state index in [-0.39, 0.29) is 0 Å². The fourth-order valence-electron chi connectivity index (χ4n) is 7.27. The molecular weight excluding hydrogens is 621 g/mol. The van der Waals surface area contributed by atoms with Gasteiger partial charge in [0.15, 0.2) is 0 Å². The molecule has 0 aliphatic rings. The van der Waals surface area contributed by atoms with Crippen LogP contribution in [0.5, 0.6) is 0 Å². The Morgan fingerprint density at radius 1 is 0.529 bits per heavy atom. The molecular formula is C47H34N4.